The molecule has 0 saturated heterocycles. The second kappa shape index (κ2) is 12.9. The van der Waals surface area contributed by atoms with Gasteiger partial charge in [0.15, 0.2) is 5.49 Å². The van der Waals surface area contributed by atoms with Crippen LogP contribution >= 0.6 is 23.2 Å². The quantitative estimate of drug-likeness (QED) is 0.160. The Balaban J connectivity index is 1.82. The van der Waals surface area contributed by atoms with Crippen molar-refractivity contribution in [3.63, 3.8) is 0 Å². The SMILES string of the molecule is CCOC(=O)c1cc2c(=O)n3ccccc3nc2n(CCCOC)c1=NC(=O)CCOc1ccc(Cl)cc1Cl. The molecule has 0 saturated carbocycles. The van der Waals surface area contributed by atoms with Crippen molar-refractivity contribution in [2.24, 2.45) is 4.99 Å². The number of pyridine rings is 2. The number of aromatic nitrogens is 3. The van der Waals surface area contributed by atoms with E-state index in [1.165, 1.54) is 16.5 Å². The van der Waals surface area contributed by atoms with E-state index in [1.54, 1.807) is 55.1 Å². The van der Waals surface area contributed by atoms with Gasteiger partial charge in [-0.2, -0.15) is 4.99 Å². The van der Waals surface area contributed by atoms with Gasteiger partial charge in [0.1, 0.15) is 22.6 Å². The summed E-state index contributed by atoms with van der Waals surface area (Å²) in [6.45, 7) is 2.42. The maximum atomic E-state index is 13.4. The Bertz CT molecular complexity index is 1660. The fourth-order valence-corrected chi connectivity index (χ4v) is 4.41. The highest BCUT2D eigenvalue weighted by Crippen LogP contribution is 2.27. The van der Waals surface area contributed by atoms with Gasteiger partial charge in [-0.3, -0.25) is 14.0 Å². The van der Waals surface area contributed by atoms with Gasteiger partial charge < -0.3 is 18.8 Å². The highest BCUT2D eigenvalue weighted by atomic mass is 35.5. The molecule has 204 valence electrons. The molecule has 4 rings (SSSR count). The molecule has 0 unspecified atom stereocenters. The van der Waals surface area contributed by atoms with E-state index in [1.807, 2.05) is 0 Å². The zero-order chi connectivity index (χ0) is 27.9. The molecule has 0 N–H and O–H groups in total. The molecule has 0 aliphatic rings. The average molecular weight is 573 g/mol. The van der Waals surface area contributed by atoms with Crippen LogP contribution in [-0.4, -0.2) is 52.8 Å². The highest BCUT2D eigenvalue weighted by molar-refractivity contribution is 6.35. The summed E-state index contributed by atoms with van der Waals surface area (Å²) < 4.78 is 19.0. The van der Waals surface area contributed by atoms with Crippen LogP contribution in [0.1, 0.15) is 30.1 Å². The lowest BCUT2D eigenvalue weighted by Crippen LogP contribution is -2.33. The summed E-state index contributed by atoms with van der Waals surface area (Å²) >= 11 is 12.0. The number of ether oxygens (including phenoxy) is 3. The number of hydrogen-bond donors (Lipinski definition) is 0. The lowest BCUT2D eigenvalue weighted by atomic mass is 10.2. The number of nitrogens with zero attached hydrogens (tertiary/aromatic N) is 4. The van der Waals surface area contributed by atoms with Gasteiger partial charge in [0, 0.05) is 31.5 Å². The third-order valence-electron chi connectivity index (χ3n) is 5.71. The topological polar surface area (TPSA) is 113 Å². The molecular weight excluding hydrogens is 547 g/mol. The Morgan fingerprint density at radius 2 is 1.92 bits per heavy atom. The number of benzene rings is 1. The molecule has 12 heteroatoms. The minimum atomic E-state index is -0.715. The van der Waals surface area contributed by atoms with Crippen LogP contribution in [0.25, 0.3) is 16.7 Å². The van der Waals surface area contributed by atoms with E-state index >= 15 is 0 Å². The van der Waals surface area contributed by atoms with Crippen molar-refractivity contribution < 1.29 is 23.8 Å². The number of fused-ring (bicyclic) bond motifs is 2. The number of amides is 1. The van der Waals surface area contributed by atoms with Gasteiger partial charge in [0.05, 0.1) is 30.0 Å². The molecule has 3 aromatic heterocycles. The third kappa shape index (κ3) is 6.47. The Morgan fingerprint density at radius 1 is 1.10 bits per heavy atom. The first-order valence-corrected chi connectivity index (χ1v) is 13.0. The molecule has 1 aromatic carbocycles. The summed E-state index contributed by atoms with van der Waals surface area (Å²) in [5.74, 6) is -0.894. The van der Waals surface area contributed by atoms with Gasteiger partial charge in [-0.25, -0.2) is 9.78 Å². The van der Waals surface area contributed by atoms with Gasteiger partial charge in [-0.05, 0) is 49.7 Å². The average Bonchev–Trinajstić information content (AvgIpc) is 2.91. The summed E-state index contributed by atoms with van der Waals surface area (Å²) in [5, 5.41) is 0.957. The van der Waals surface area contributed by atoms with Gasteiger partial charge in [0.25, 0.3) is 11.5 Å². The second-order valence-electron chi connectivity index (χ2n) is 8.36. The van der Waals surface area contributed by atoms with E-state index in [2.05, 4.69) is 9.98 Å². The first-order valence-electron chi connectivity index (χ1n) is 12.2. The lowest BCUT2D eigenvalue weighted by Gasteiger charge is -2.15. The predicted molar refractivity (Wildman–Crippen MR) is 147 cm³/mol. The Kier molecular flexibility index (Phi) is 9.34. The van der Waals surface area contributed by atoms with Gasteiger partial charge in [-0.1, -0.05) is 29.3 Å². The number of carbonyl (C=O) groups is 2. The third-order valence-corrected chi connectivity index (χ3v) is 6.24. The van der Waals surface area contributed by atoms with Gasteiger partial charge >= 0.3 is 5.97 Å². The van der Waals surface area contributed by atoms with Crippen LogP contribution in [-0.2, 0) is 20.8 Å². The molecule has 3 heterocycles. The van der Waals surface area contributed by atoms with Crippen molar-refractivity contribution in [1.29, 1.82) is 0 Å². The maximum Gasteiger partial charge on any atom is 0.341 e. The monoisotopic (exact) mass is 572 g/mol. The Morgan fingerprint density at radius 3 is 2.67 bits per heavy atom. The molecule has 0 aliphatic carbocycles. The number of carbonyl (C=O) groups excluding carboxylic acids is 2. The van der Waals surface area contributed by atoms with Crippen molar-refractivity contribution in [2.45, 2.75) is 26.3 Å². The van der Waals surface area contributed by atoms with Crippen LogP contribution in [0.3, 0.4) is 0 Å². The van der Waals surface area contributed by atoms with Gasteiger partial charge in [-0.15, -0.1) is 0 Å². The normalized spacial score (nSPS) is 11.7. The molecule has 0 bridgehead atoms. The van der Waals surface area contributed by atoms with Crippen molar-refractivity contribution in [3.8, 4) is 5.75 Å². The molecule has 0 atom stereocenters. The lowest BCUT2D eigenvalue weighted by molar-refractivity contribution is -0.118. The minimum absolute atomic E-state index is 0.0140. The van der Waals surface area contributed by atoms with E-state index in [4.69, 9.17) is 37.4 Å². The number of esters is 1. The molecule has 39 heavy (non-hydrogen) atoms. The molecular formula is C27H26Cl2N4O6. The van der Waals surface area contributed by atoms with Crippen LogP contribution in [0.5, 0.6) is 5.75 Å². The van der Waals surface area contributed by atoms with Crippen molar-refractivity contribution in [1.82, 2.24) is 14.0 Å². The predicted octanol–water partition coefficient (Wildman–Crippen LogP) is 4.07. The summed E-state index contributed by atoms with van der Waals surface area (Å²) in [7, 11) is 1.57. The van der Waals surface area contributed by atoms with Crippen molar-refractivity contribution in [3.05, 3.63) is 80.1 Å². The number of hydrogen-bond acceptors (Lipinski definition) is 7. The van der Waals surface area contributed by atoms with E-state index in [9.17, 15) is 14.4 Å². The Labute approximate surface area is 233 Å². The van der Waals surface area contributed by atoms with E-state index < -0.39 is 11.9 Å². The van der Waals surface area contributed by atoms with Crippen LogP contribution in [0, 0.1) is 0 Å². The largest absolute Gasteiger partial charge is 0.491 e. The van der Waals surface area contributed by atoms with E-state index in [0.29, 0.717) is 34.5 Å². The zero-order valence-electron chi connectivity index (χ0n) is 21.4. The second-order valence-corrected chi connectivity index (χ2v) is 9.21. The number of halogens is 2. The number of methoxy groups -OCH3 is 1. The Hall–Kier alpha value is -3.73. The first-order chi connectivity index (χ1) is 18.8. The van der Waals surface area contributed by atoms with Crippen LogP contribution in [0.4, 0.5) is 0 Å². The van der Waals surface area contributed by atoms with Crippen LogP contribution < -0.4 is 15.8 Å². The molecule has 0 aliphatic heterocycles. The van der Waals surface area contributed by atoms with Crippen LogP contribution in [0.15, 0.2) is 58.4 Å². The summed E-state index contributed by atoms with van der Waals surface area (Å²) in [6.07, 6.45) is 2.00. The minimum Gasteiger partial charge on any atom is -0.491 e. The van der Waals surface area contributed by atoms with Crippen molar-refractivity contribution in [2.75, 3.05) is 26.9 Å². The summed E-state index contributed by atoms with van der Waals surface area (Å²) in [5.41, 5.74) is 0.342. The zero-order valence-corrected chi connectivity index (χ0v) is 22.9. The summed E-state index contributed by atoms with van der Waals surface area (Å²) in [6, 6.07) is 11.3. The molecule has 1 amide bonds. The molecule has 0 fully saturated rings. The number of aryl methyl sites for hydroxylation is 1. The smallest absolute Gasteiger partial charge is 0.341 e. The first kappa shape index (κ1) is 28.3. The summed E-state index contributed by atoms with van der Waals surface area (Å²) in [4.78, 5) is 48.3. The molecule has 4 aromatic rings. The standard InChI is InChI=1S/C27H26Cl2N4O6/c1-3-38-27(36)19-16-18-24(30-22-7-4-5-11-32(22)26(18)35)33(12-6-13-37-2)25(19)31-23(34)10-14-39-21-9-8-17(28)15-20(21)29/h4-5,7-9,11,15-16H,3,6,10,12-14H2,1-2H3. The van der Waals surface area contributed by atoms with E-state index in [0.717, 1.165) is 0 Å². The maximum absolute atomic E-state index is 13.4. The van der Waals surface area contributed by atoms with Gasteiger partial charge in [0.2, 0.25) is 0 Å². The fraction of sp³-hybridized carbons (Fsp3) is 0.296. The molecule has 0 spiro atoms. The fourth-order valence-electron chi connectivity index (χ4n) is 3.95. The van der Waals surface area contributed by atoms with Crippen LogP contribution in [0.2, 0.25) is 10.0 Å². The molecule has 0 radical (unpaired) electrons. The molecule has 10 nitrogen and oxygen atoms in total. The number of rotatable bonds is 10. The van der Waals surface area contributed by atoms with E-state index in [-0.39, 0.29) is 53.8 Å². The van der Waals surface area contributed by atoms with Crippen molar-refractivity contribution >= 4 is 51.8 Å². The highest BCUT2D eigenvalue weighted by Gasteiger charge is 2.20.